The molecule has 0 saturated heterocycles. The molecule has 0 spiro atoms. The molecule has 1 aromatic heterocycles. The Balaban J connectivity index is 1.86. The van der Waals surface area contributed by atoms with Crippen molar-refractivity contribution >= 4 is 28.3 Å². The van der Waals surface area contributed by atoms with Gasteiger partial charge < -0.3 is 10.1 Å². The molecule has 200 valence electrons. The van der Waals surface area contributed by atoms with Gasteiger partial charge in [0.2, 0.25) is 0 Å². The van der Waals surface area contributed by atoms with Gasteiger partial charge in [0.1, 0.15) is 10.6 Å². The second-order valence-corrected chi connectivity index (χ2v) is 11.0. The number of aromatic nitrogens is 1. The smallest absolute Gasteiger partial charge is 0.471 e. The molecule has 2 amide bonds. The number of nitrogens with zero attached hydrogens (tertiary/aromatic N) is 1. The molecule has 0 fully saturated rings. The first kappa shape index (κ1) is 29.6. The van der Waals surface area contributed by atoms with Crippen LogP contribution >= 0.6 is 11.3 Å². The molecular formula is C26H36F3N3O3S. The summed E-state index contributed by atoms with van der Waals surface area (Å²) in [5, 5.41) is 4.07. The molecule has 2 aromatic rings. The fourth-order valence-corrected chi connectivity index (χ4v) is 4.03. The lowest BCUT2D eigenvalue weighted by molar-refractivity contribution is -0.167. The SMILES string of the molecule is CCC(C)(C)c1ccc(OCCCCNC(=O)c2cnc(NC(=O)C(F)(F)F)s2)c(C(C)(C)CC)c1. The third-order valence-corrected chi connectivity index (χ3v) is 7.49. The Bertz CT molecular complexity index is 1050. The molecule has 0 aliphatic rings. The number of benzene rings is 1. The van der Waals surface area contributed by atoms with E-state index in [-0.39, 0.29) is 20.8 Å². The summed E-state index contributed by atoms with van der Waals surface area (Å²) in [5.74, 6) is -1.71. The number of nitrogens with one attached hydrogen (secondary N) is 2. The Morgan fingerprint density at radius 2 is 1.69 bits per heavy atom. The van der Waals surface area contributed by atoms with Crippen LogP contribution in [0.1, 0.15) is 88.0 Å². The number of hydrogen-bond donors (Lipinski definition) is 2. The number of carbonyl (C=O) groups excluding carboxylic acids is 2. The zero-order valence-corrected chi connectivity index (χ0v) is 22.6. The van der Waals surface area contributed by atoms with Gasteiger partial charge in [-0.2, -0.15) is 13.2 Å². The number of thiazole rings is 1. The highest BCUT2D eigenvalue weighted by atomic mass is 32.1. The van der Waals surface area contributed by atoms with Crippen molar-refractivity contribution in [3.63, 3.8) is 0 Å². The van der Waals surface area contributed by atoms with Gasteiger partial charge in [-0.1, -0.05) is 65.0 Å². The first-order valence-electron chi connectivity index (χ1n) is 12.1. The van der Waals surface area contributed by atoms with E-state index < -0.39 is 18.0 Å². The van der Waals surface area contributed by atoms with Gasteiger partial charge in [-0.15, -0.1) is 0 Å². The minimum absolute atomic E-state index is 0.0314. The number of halogens is 3. The fourth-order valence-electron chi connectivity index (χ4n) is 3.30. The van der Waals surface area contributed by atoms with E-state index in [1.54, 1.807) is 5.32 Å². The Labute approximate surface area is 215 Å². The van der Waals surface area contributed by atoms with Gasteiger partial charge in [-0.25, -0.2) is 4.98 Å². The molecule has 1 heterocycles. The third kappa shape index (κ3) is 7.94. The summed E-state index contributed by atoms with van der Waals surface area (Å²) in [6, 6.07) is 6.46. The monoisotopic (exact) mass is 527 g/mol. The molecule has 2 rings (SSSR count). The molecular weight excluding hydrogens is 491 g/mol. The Morgan fingerprint density at radius 1 is 1.03 bits per heavy atom. The van der Waals surface area contributed by atoms with E-state index in [0.29, 0.717) is 37.3 Å². The highest BCUT2D eigenvalue weighted by Gasteiger charge is 2.39. The lowest BCUT2D eigenvalue weighted by Crippen LogP contribution is -2.29. The van der Waals surface area contributed by atoms with Crippen LogP contribution in [-0.2, 0) is 15.6 Å². The minimum Gasteiger partial charge on any atom is -0.493 e. The van der Waals surface area contributed by atoms with Gasteiger partial charge in [0.25, 0.3) is 5.91 Å². The summed E-state index contributed by atoms with van der Waals surface area (Å²) >= 11 is 0.681. The maximum Gasteiger partial charge on any atom is 0.471 e. The van der Waals surface area contributed by atoms with Gasteiger partial charge >= 0.3 is 12.1 Å². The summed E-state index contributed by atoms with van der Waals surface area (Å²) in [4.78, 5) is 27.0. The normalized spacial score (nSPS) is 12.4. The van der Waals surface area contributed by atoms with Crippen LogP contribution in [0.4, 0.5) is 18.3 Å². The second-order valence-electron chi connectivity index (χ2n) is 9.98. The van der Waals surface area contributed by atoms with Crippen molar-refractivity contribution in [1.29, 1.82) is 0 Å². The van der Waals surface area contributed by atoms with Crippen LogP contribution in [-0.4, -0.2) is 36.1 Å². The molecule has 0 unspecified atom stereocenters. The van der Waals surface area contributed by atoms with E-state index in [2.05, 4.69) is 70.0 Å². The number of unbranched alkanes of at least 4 members (excludes halogenated alkanes) is 1. The van der Waals surface area contributed by atoms with Gasteiger partial charge in [0.05, 0.1) is 12.8 Å². The number of ether oxygens (including phenoxy) is 1. The zero-order chi connectivity index (χ0) is 27.1. The van der Waals surface area contributed by atoms with E-state index in [1.807, 2.05) is 0 Å². The molecule has 10 heteroatoms. The highest BCUT2D eigenvalue weighted by molar-refractivity contribution is 7.17. The van der Waals surface area contributed by atoms with Gasteiger partial charge in [0.15, 0.2) is 5.13 Å². The fraction of sp³-hybridized carbons (Fsp3) is 0.577. The molecule has 0 radical (unpaired) electrons. The van der Waals surface area contributed by atoms with Crippen molar-refractivity contribution < 1.29 is 27.5 Å². The Hall–Kier alpha value is -2.62. The van der Waals surface area contributed by atoms with Crippen molar-refractivity contribution in [2.24, 2.45) is 0 Å². The maximum atomic E-state index is 12.3. The van der Waals surface area contributed by atoms with Crippen LogP contribution in [0.5, 0.6) is 5.75 Å². The van der Waals surface area contributed by atoms with Crippen molar-refractivity contribution in [3.05, 3.63) is 40.4 Å². The van der Waals surface area contributed by atoms with Crippen molar-refractivity contribution in [2.45, 2.75) is 84.2 Å². The molecule has 36 heavy (non-hydrogen) atoms. The van der Waals surface area contributed by atoms with Crippen molar-refractivity contribution in [2.75, 3.05) is 18.5 Å². The standard InChI is InChI=1S/C26H36F3N3O3S/c1-7-24(3,4)17-11-12-19(18(15-17)25(5,6)8-2)35-14-10-9-13-30-21(33)20-16-31-23(36-20)32-22(34)26(27,28)29/h11-12,15-16H,7-10,13-14H2,1-6H3,(H,30,33)(H,31,32,34). The summed E-state index contributed by atoms with van der Waals surface area (Å²) in [6.07, 6.45) is -0.493. The summed E-state index contributed by atoms with van der Waals surface area (Å²) in [5.41, 5.74) is 2.53. The Kier molecular flexibility index (Phi) is 9.93. The highest BCUT2D eigenvalue weighted by Crippen LogP contribution is 2.38. The summed E-state index contributed by atoms with van der Waals surface area (Å²) in [7, 11) is 0. The van der Waals surface area contributed by atoms with Crippen LogP contribution in [0.2, 0.25) is 0 Å². The number of carbonyl (C=O) groups is 2. The van der Waals surface area contributed by atoms with E-state index >= 15 is 0 Å². The van der Waals surface area contributed by atoms with E-state index in [0.717, 1.165) is 24.8 Å². The van der Waals surface area contributed by atoms with Gasteiger partial charge in [-0.05, 0) is 48.1 Å². The third-order valence-electron chi connectivity index (χ3n) is 6.58. The van der Waals surface area contributed by atoms with Crippen LogP contribution in [0.25, 0.3) is 0 Å². The Morgan fingerprint density at radius 3 is 2.31 bits per heavy atom. The van der Waals surface area contributed by atoms with Crippen molar-refractivity contribution in [3.8, 4) is 5.75 Å². The topological polar surface area (TPSA) is 80.3 Å². The van der Waals surface area contributed by atoms with Gasteiger partial charge in [-0.3, -0.25) is 14.9 Å². The number of amides is 2. The van der Waals surface area contributed by atoms with E-state index in [4.69, 9.17) is 4.74 Å². The minimum atomic E-state index is -5.02. The number of anilines is 1. The first-order chi connectivity index (χ1) is 16.7. The molecule has 0 atom stereocenters. The lowest BCUT2D eigenvalue weighted by Gasteiger charge is -2.30. The average molecular weight is 528 g/mol. The molecule has 2 N–H and O–H groups in total. The quantitative estimate of drug-likeness (QED) is 0.305. The summed E-state index contributed by atoms with van der Waals surface area (Å²) in [6.45, 7) is 14.1. The largest absolute Gasteiger partial charge is 0.493 e. The van der Waals surface area contributed by atoms with E-state index in [1.165, 1.54) is 11.1 Å². The van der Waals surface area contributed by atoms with Crippen LogP contribution in [0.3, 0.4) is 0 Å². The van der Waals surface area contributed by atoms with Crippen LogP contribution in [0.15, 0.2) is 24.4 Å². The molecule has 6 nitrogen and oxygen atoms in total. The zero-order valence-electron chi connectivity index (χ0n) is 21.8. The predicted octanol–water partition coefficient (Wildman–Crippen LogP) is 6.61. The summed E-state index contributed by atoms with van der Waals surface area (Å²) < 4.78 is 43.1. The molecule has 0 bridgehead atoms. The van der Waals surface area contributed by atoms with Gasteiger partial charge in [0, 0.05) is 12.1 Å². The van der Waals surface area contributed by atoms with Crippen LogP contribution in [0, 0.1) is 0 Å². The number of alkyl halides is 3. The predicted molar refractivity (Wildman–Crippen MR) is 137 cm³/mol. The molecule has 0 aliphatic carbocycles. The van der Waals surface area contributed by atoms with Crippen LogP contribution < -0.4 is 15.4 Å². The second kappa shape index (κ2) is 12.1. The lowest BCUT2D eigenvalue weighted by atomic mass is 9.76. The molecule has 0 aliphatic heterocycles. The first-order valence-corrected chi connectivity index (χ1v) is 12.9. The number of rotatable bonds is 12. The van der Waals surface area contributed by atoms with Crippen molar-refractivity contribution in [1.82, 2.24) is 10.3 Å². The average Bonchev–Trinajstić information content (AvgIpc) is 3.29. The molecule has 1 aromatic carbocycles. The number of hydrogen-bond acceptors (Lipinski definition) is 5. The maximum absolute atomic E-state index is 12.3. The van der Waals surface area contributed by atoms with E-state index in [9.17, 15) is 22.8 Å². The molecule has 0 saturated carbocycles.